The van der Waals surface area contributed by atoms with Crippen LogP contribution in [0.15, 0.2) is 12.3 Å². The highest BCUT2D eigenvalue weighted by atomic mass is 35.5. The first-order valence-corrected chi connectivity index (χ1v) is 4.26. The van der Waals surface area contributed by atoms with E-state index in [9.17, 15) is 0 Å². The molecule has 1 heterocycles. The fourth-order valence-corrected chi connectivity index (χ4v) is 1.01. The first-order valence-electron chi connectivity index (χ1n) is 3.88. The standard InChI is InChI=1S/C8H12ClN3/c1-3-12(2)6-7-4-5-10-8(9)11-7/h4-5H,3,6H2,1-2H3. The van der Waals surface area contributed by atoms with E-state index in [0.717, 1.165) is 18.8 Å². The van der Waals surface area contributed by atoms with Crippen LogP contribution in [0.2, 0.25) is 5.28 Å². The molecule has 0 aromatic carbocycles. The molecular weight excluding hydrogens is 174 g/mol. The van der Waals surface area contributed by atoms with Crippen molar-refractivity contribution in [2.24, 2.45) is 0 Å². The Morgan fingerprint density at radius 1 is 1.58 bits per heavy atom. The van der Waals surface area contributed by atoms with Gasteiger partial charge in [0.05, 0.1) is 5.69 Å². The Morgan fingerprint density at radius 3 is 2.92 bits per heavy atom. The third-order valence-corrected chi connectivity index (χ3v) is 1.84. The SMILES string of the molecule is CCN(C)Cc1ccnc(Cl)n1. The van der Waals surface area contributed by atoms with Gasteiger partial charge in [0.1, 0.15) is 0 Å². The number of hydrogen-bond donors (Lipinski definition) is 0. The van der Waals surface area contributed by atoms with Crippen molar-refractivity contribution in [3.8, 4) is 0 Å². The second kappa shape index (κ2) is 4.38. The molecule has 12 heavy (non-hydrogen) atoms. The Hall–Kier alpha value is -0.670. The highest BCUT2D eigenvalue weighted by Gasteiger charge is 1.99. The third kappa shape index (κ3) is 2.75. The number of hydrogen-bond acceptors (Lipinski definition) is 3. The van der Waals surface area contributed by atoms with Crippen molar-refractivity contribution in [2.75, 3.05) is 13.6 Å². The van der Waals surface area contributed by atoms with Crippen molar-refractivity contribution in [3.05, 3.63) is 23.2 Å². The van der Waals surface area contributed by atoms with Crippen LogP contribution in [0, 0.1) is 0 Å². The Labute approximate surface area is 77.4 Å². The average molecular weight is 186 g/mol. The summed E-state index contributed by atoms with van der Waals surface area (Å²) >= 11 is 5.63. The lowest BCUT2D eigenvalue weighted by Gasteiger charge is -2.12. The summed E-state index contributed by atoms with van der Waals surface area (Å²) in [6, 6.07) is 1.87. The quantitative estimate of drug-likeness (QED) is 0.670. The van der Waals surface area contributed by atoms with E-state index < -0.39 is 0 Å². The molecule has 4 heteroatoms. The van der Waals surface area contributed by atoms with Gasteiger partial charge in [0.25, 0.3) is 0 Å². The van der Waals surface area contributed by atoms with Crippen LogP contribution >= 0.6 is 11.6 Å². The molecule has 0 aliphatic heterocycles. The molecule has 1 aromatic heterocycles. The van der Waals surface area contributed by atoms with E-state index in [-0.39, 0.29) is 0 Å². The minimum absolute atomic E-state index is 0.317. The largest absolute Gasteiger partial charge is 0.301 e. The maximum Gasteiger partial charge on any atom is 0.222 e. The molecule has 1 rings (SSSR count). The zero-order chi connectivity index (χ0) is 8.97. The lowest BCUT2D eigenvalue weighted by molar-refractivity contribution is 0.341. The number of nitrogens with zero attached hydrogens (tertiary/aromatic N) is 3. The van der Waals surface area contributed by atoms with Crippen LogP contribution in [0.4, 0.5) is 0 Å². The van der Waals surface area contributed by atoms with Gasteiger partial charge < -0.3 is 4.90 Å². The van der Waals surface area contributed by atoms with Gasteiger partial charge in [0.2, 0.25) is 5.28 Å². The number of rotatable bonds is 3. The van der Waals surface area contributed by atoms with E-state index in [2.05, 4.69) is 21.8 Å². The molecule has 66 valence electrons. The van der Waals surface area contributed by atoms with Crippen molar-refractivity contribution in [1.82, 2.24) is 14.9 Å². The third-order valence-electron chi connectivity index (χ3n) is 1.66. The molecule has 3 nitrogen and oxygen atoms in total. The maximum atomic E-state index is 5.63. The maximum absolute atomic E-state index is 5.63. The first-order chi connectivity index (χ1) is 5.72. The second-order valence-electron chi connectivity index (χ2n) is 2.65. The Bertz CT molecular complexity index is 252. The molecular formula is C8H12ClN3. The van der Waals surface area contributed by atoms with Crippen LogP contribution in [0.5, 0.6) is 0 Å². The van der Waals surface area contributed by atoms with Gasteiger partial charge in [0.15, 0.2) is 0 Å². The lowest BCUT2D eigenvalue weighted by Crippen LogP contribution is -2.17. The predicted octanol–water partition coefficient (Wildman–Crippen LogP) is 1.58. The lowest BCUT2D eigenvalue weighted by atomic mass is 10.4. The van der Waals surface area contributed by atoms with Crippen molar-refractivity contribution in [3.63, 3.8) is 0 Å². The van der Waals surface area contributed by atoms with E-state index in [1.54, 1.807) is 6.20 Å². The zero-order valence-electron chi connectivity index (χ0n) is 7.29. The van der Waals surface area contributed by atoms with E-state index in [0.29, 0.717) is 5.28 Å². The summed E-state index contributed by atoms with van der Waals surface area (Å²) < 4.78 is 0. The molecule has 0 fully saturated rings. The molecule has 1 aromatic rings. The molecule has 0 saturated carbocycles. The predicted molar refractivity (Wildman–Crippen MR) is 49.1 cm³/mol. The van der Waals surface area contributed by atoms with Crippen molar-refractivity contribution in [2.45, 2.75) is 13.5 Å². The molecule has 0 spiro atoms. The first kappa shape index (κ1) is 9.42. The smallest absolute Gasteiger partial charge is 0.222 e. The monoisotopic (exact) mass is 185 g/mol. The van der Waals surface area contributed by atoms with Gasteiger partial charge in [-0.3, -0.25) is 0 Å². The van der Waals surface area contributed by atoms with Gasteiger partial charge in [-0.15, -0.1) is 0 Å². The average Bonchev–Trinajstić information content (AvgIpc) is 2.04. The van der Waals surface area contributed by atoms with E-state index >= 15 is 0 Å². The van der Waals surface area contributed by atoms with Crippen molar-refractivity contribution in [1.29, 1.82) is 0 Å². The molecule has 0 amide bonds. The second-order valence-corrected chi connectivity index (χ2v) is 2.99. The number of aromatic nitrogens is 2. The molecule has 0 atom stereocenters. The van der Waals surface area contributed by atoms with Crippen LogP contribution in [-0.2, 0) is 6.54 Å². The molecule has 0 bridgehead atoms. The van der Waals surface area contributed by atoms with Gasteiger partial charge in [-0.2, -0.15) is 0 Å². The Morgan fingerprint density at radius 2 is 2.33 bits per heavy atom. The molecule has 0 aliphatic rings. The summed E-state index contributed by atoms with van der Waals surface area (Å²) in [6.45, 7) is 3.92. The topological polar surface area (TPSA) is 29.0 Å². The van der Waals surface area contributed by atoms with Crippen LogP contribution in [0.25, 0.3) is 0 Å². The highest BCUT2D eigenvalue weighted by Crippen LogP contribution is 2.02. The van der Waals surface area contributed by atoms with Gasteiger partial charge in [-0.05, 0) is 31.3 Å². The van der Waals surface area contributed by atoms with E-state index in [1.165, 1.54) is 0 Å². The molecule has 0 aliphatic carbocycles. The minimum Gasteiger partial charge on any atom is -0.301 e. The Balaban J connectivity index is 2.63. The molecule has 0 unspecified atom stereocenters. The molecule has 0 saturated heterocycles. The summed E-state index contributed by atoms with van der Waals surface area (Å²) in [6.07, 6.45) is 1.67. The van der Waals surface area contributed by atoms with Gasteiger partial charge in [-0.1, -0.05) is 6.92 Å². The van der Waals surface area contributed by atoms with Crippen LogP contribution in [-0.4, -0.2) is 28.5 Å². The van der Waals surface area contributed by atoms with E-state index in [1.807, 2.05) is 13.1 Å². The van der Waals surface area contributed by atoms with Gasteiger partial charge in [-0.25, -0.2) is 9.97 Å². The van der Waals surface area contributed by atoms with Crippen LogP contribution < -0.4 is 0 Å². The zero-order valence-corrected chi connectivity index (χ0v) is 8.04. The van der Waals surface area contributed by atoms with Crippen LogP contribution in [0.1, 0.15) is 12.6 Å². The summed E-state index contributed by atoms with van der Waals surface area (Å²) in [4.78, 5) is 10.0. The summed E-state index contributed by atoms with van der Waals surface area (Å²) in [7, 11) is 2.04. The Kier molecular flexibility index (Phi) is 3.44. The fourth-order valence-electron chi connectivity index (χ4n) is 0.846. The van der Waals surface area contributed by atoms with Gasteiger partial charge in [0, 0.05) is 12.7 Å². The summed E-state index contributed by atoms with van der Waals surface area (Å²) in [5.41, 5.74) is 0.958. The normalized spacial score (nSPS) is 10.7. The molecule has 0 radical (unpaired) electrons. The summed E-state index contributed by atoms with van der Waals surface area (Å²) in [5.74, 6) is 0. The van der Waals surface area contributed by atoms with Crippen LogP contribution in [0.3, 0.4) is 0 Å². The highest BCUT2D eigenvalue weighted by molar-refractivity contribution is 6.28. The number of halogens is 1. The van der Waals surface area contributed by atoms with Crippen molar-refractivity contribution < 1.29 is 0 Å². The summed E-state index contributed by atoms with van der Waals surface area (Å²) in [5, 5.41) is 0.317. The minimum atomic E-state index is 0.317. The van der Waals surface area contributed by atoms with Crippen molar-refractivity contribution >= 4 is 11.6 Å². The van der Waals surface area contributed by atoms with E-state index in [4.69, 9.17) is 11.6 Å². The van der Waals surface area contributed by atoms with Gasteiger partial charge >= 0.3 is 0 Å². The fraction of sp³-hybridized carbons (Fsp3) is 0.500. The molecule has 0 N–H and O–H groups in total.